The van der Waals surface area contributed by atoms with E-state index >= 15 is 0 Å². The van der Waals surface area contributed by atoms with Gasteiger partial charge in [0.25, 0.3) is 6.43 Å². The van der Waals surface area contributed by atoms with Crippen LogP contribution in [0, 0.1) is 5.92 Å². The highest BCUT2D eigenvalue weighted by atomic mass is 19.3. The summed E-state index contributed by atoms with van der Waals surface area (Å²) in [6.07, 6.45) is -0.890. The number of ether oxygens (including phenoxy) is 2. The maximum absolute atomic E-state index is 14.7. The molecule has 1 aliphatic carbocycles. The molecule has 0 spiro atoms. The molecule has 10 nitrogen and oxygen atoms in total. The Hall–Kier alpha value is -4.95. The normalized spacial score (nSPS) is 19.2. The van der Waals surface area contributed by atoms with Crippen LogP contribution in [0.5, 0.6) is 11.8 Å². The smallest absolute Gasteiger partial charge is 0.388 e. The minimum absolute atomic E-state index is 0.0132. The van der Waals surface area contributed by atoms with Crippen molar-refractivity contribution < 1.29 is 36.2 Å². The topological polar surface area (TPSA) is 101 Å². The Morgan fingerprint density at radius 3 is 2.58 bits per heavy atom. The number of pyridine rings is 1. The second kappa shape index (κ2) is 11.2. The van der Waals surface area contributed by atoms with Gasteiger partial charge in [0.1, 0.15) is 24.3 Å². The number of carbonyl (C=O) groups excluding carboxylic acids is 1. The summed E-state index contributed by atoms with van der Waals surface area (Å²) in [5, 5.41) is 10.9. The van der Waals surface area contributed by atoms with Crippen LogP contribution >= 0.6 is 0 Å². The zero-order valence-electron chi connectivity index (χ0n) is 23.7. The molecule has 7 rings (SSSR count). The van der Waals surface area contributed by atoms with Gasteiger partial charge in [-0.05, 0) is 24.1 Å². The zero-order chi connectivity index (χ0) is 31.4. The van der Waals surface area contributed by atoms with E-state index in [1.165, 1.54) is 22.6 Å². The number of hydrogen-bond acceptors (Lipinski definition) is 6. The molecule has 5 heterocycles. The summed E-state index contributed by atoms with van der Waals surface area (Å²) in [4.78, 5) is 17.2. The number of alkyl halides is 5. The Bertz CT molecular complexity index is 1840. The molecule has 2 aromatic heterocycles. The van der Waals surface area contributed by atoms with Crippen molar-refractivity contribution >= 4 is 5.91 Å². The molecule has 15 heteroatoms. The number of nitrogens with zero attached hydrogens (tertiary/aromatic N) is 6. The predicted molar refractivity (Wildman–Crippen MR) is 150 cm³/mol. The third kappa shape index (κ3) is 5.36. The van der Waals surface area contributed by atoms with Crippen molar-refractivity contribution in [2.24, 2.45) is 13.0 Å². The molecule has 0 unspecified atom stereocenters. The summed E-state index contributed by atoms with van der Waals surface area (Å²) in [6, 6.07) is 12.3. The van der Waals surface area contributed by atoms with Crippen LogP contribution in [-0.2, 0) is 24.9 Å². The van der Waals surface area contributed by atoms with Crippen molar-refractivity contribution in [3.05, 3.63) is 66.1 Å². The van der Waals surface area contributed by atoms with E-state index in [2.05, 4.69) is 15.5 Å². The molecular formula is C30H26F5N7O3. The average Bonchev–Trinajstić information content (AvgIpc) is 3.29. The second-order valence-corrected chi connectivity index (χ2v) is 11.0. The second-order valence-electron chi connectivity index (χ2n) is 11.0. The van der Waals surface area contributed by atoms with Crippen LogP contribution in [0.3, 0.4) is 0 Å². The lowest BCUT2D eigenvalue weighted by molar-refractivity contribution is -0.123. The van der Waals surface area contributed by atoms with E-state index < -0.39 is 48.6 Å². The molecule has 4 aliphatic rings. The quantitative estimate of drug-likeness (QED) is 0.229. The van der Waals surface area contributed by atoms with Gasteiger partial charge in [0, 0.05) is 37.1 Å². The lowest BCUT2D eigenvalue weighted by Gasteiger charge is -2.25. The third-order valence-electron chi connectivity index (χ3n) is 7.81. The van der Waals surface area contributed by atoms with Gasteiger partial charge in [-0.2, -0.15) is 13.9 Å². The maximum Gasteiger partial charge on any atom is 0.388 e. The van der Waals surface area contributed by atoms with Crippen LogP contribution < -0.4 is 14.8 Å². The monoisotopic (exact) mass is 627 g/mol. The molecular weight excluding hydrogens is 601 g/mol. The van der Waals surface area contributed by atoms with Gasteiger partial charge in [0.2, 0.25) is 17.7 Å². The van der Waals surface area contributed by atoms with Gasteiger partial charge in [-0.1, -0.05) is 30.3 Å². The molecule has 1 amide bonds. The van der Waals surface area contributed by atoms with Crippen LogP contribution in [0.1, 0.15) is 24.1 Å². The van der Waals surface area contributed by atoms with E-state index in [1.807, 2.05) is 34.9 Å². The highest BCUT2D eigenvalue weighted by Crippen LogP contribution is 2.50. The van der Waals surface area contributed by atoms with Crippen LogP contribution in [0.15, 0.2) is 54.9 Å². The molecule has 0 bridgehead atoms. The van der Waals surface area contributed by atoms with Crippen molar-refractivity contribution in [1.29, 1.82) is 0 Å². The Labute approximate surface area is 252 Å². The molecule has 0 saturated heterocycles. The predicted octanol–water partition coefficient (Wildman–Crippen LogP) is 5.07. The number of aryl methyl sites for hydroxylation is 1. The van der Waals surface area contributed by atoms with E-state index in [9.17, 15) is 26.7 Å². The first-order chi connectivity index (χ1) is 21.7. The summed E-state index contributed by atoms with van der Waals surface area (Å²) in [7, 11) is 1.52. The molecule has 1 saturated carbocycles. The van der Waals surface area contributed by atoms with Gasteiger partial charge < -0.3 is 19.4 Å². The highest BCUT2D eigenvalue weighted by molar-refractivity contribution is 5.97. The molecule has 1 N–H and O–H groups in total. The van der Waals surface area contributed by atoms with Gasteiger partial charge in [-0.15, -0.1) is 5.10 Å². The van der Waals surface area contributed by atoms with Crippen LogP contribution in [0.25, 0.3) is 33.8 Å². The standard InChI is InChI=1S/C30H26F5N7O3/c1-40-13-19(28(39-40)45-30(34)35)21-17-8-5-9-41(11-15-6-3-2-4-7-15)26(17)37-23(21)22-24(25(32)33)38-42-12-16(14-44-29(22)42)36-27(43)18-10-20(18)31/h2-9,13,16,18,20,25,30H,10-12,14H2,1H3,(H,36,43)/t16-,18+,20-/m0/s1. The van der Waals surface area contributed by atoms with E-state index in [-0.39, 0.29) is 47.8 Å². The molecule has 0 radical (unpaired) electrons. The van der Waals surface area contributed by atoms with Gasteiger partial charge in [-0.25, -0.2) is 22.8 Å². The van der Waals surface area contributed by atoms with E-state index in [1.54, 1.807) is 18.3 Å². The summed E-state index contributed by atoms with van der Waals surface area (Å²) in [5.74, 6) is -1.24. The summed E-state index contributed by atoms with van der Waals surface area (Å²) in [6.45, 7) is -2.92. The molecule has 3 aliphatic heterocycles. The average molecular weight is 628 g/mol. The van der Waals surface area contributed by atoms with Crippen molar-refractivity contribution in [3.8, 4) is 45.5 Å². The first-order valence-corrected chi connectivity index (χ1v) is 14.2. The largest absolute Gasteiger partial charge is 0.475 e. The summed E-state index contributed by atoms with van der Waals surface area (Å²) < 4.78 is 84.7. The maximum atomic E-state index is 14.7. The minimum Gasteiger partial charge on any atom is -0.475 e. The van der Waals surface area contributed by atoms with Crippen LogP contribution in [-0.4, -0.2) is 60.5 Å². The number of aromatic nitrogens is 6. The molecule has 3 atom stereocenters. The SMILES string of the molecule is Cn1cc(-c2c3cccn(Cc4ccccc4)c-3nc2-c2c(C(F)F)nn3c2OC[C@@H](NC(=O)[C@@H]2C[C@@H]2F)C3)c(OC(F)F)n1. The number of benzene rings is 1. The first kappa shape index (κ1) is 28.8. The fourth-order valence-corrected chi connectivity index (χ4v) is 5.71. The van der Waals surface area contributed by atoms with Crippen molar-refractivity contribution in [2.75, 3.05) is 6.61 Å². The third-order valence-corrected chi connectivity index (χ3v) is 7.81. The van der Waals surface area contributed by atoms with Crippen molar-refractivity contribution in [2.45, 2.75) is 44.8 Å². The van der Waals surface area contributed by atoms with E-state index in [0.29, 0.717) is 17.9 Å². The number of amides is 1. The Kier molecular flexibility index (Phi) is 7.17. The lowest BCUT2D eigenvalue weighted by atomic mass is 9.98. The van der Waals surface area contributed by atoms with E-state index in [4.69, 9.17) is 14.5 Å². The van der Waals surface area contributed by atoms with Gasteiger partial charge in [0.05, 0.1) is 35.3 Å². The van der Waals surface area contributed by atoms with E-state index in [0.717, 1.165) is 5.56 Å². The van der Waals surface area contributed by atoms with Crippen molar-refractivity contribution in [3.63, 3.8) is 0 Å². The molecule has 1 aromatic carbocycles. The zero-order valence-corrected chi connectivity index (χ0v) is 23.7. The molecule has 3 aromatic rings. The highest BCUT2D eigenvalue weighted by Gasteiger charge is 2.45. The van der Waals surface area contributed by atoms with Crippen LogP contribution in [0.4, 0.5) is 22.0 Å². The van der Waals surface area contributed by atoms with Crippen molar-refractivity contribution in [1.82, 2.24) is 34.4 Å². The minimum atomic E-state index is -3.20. The lowest BCUT2D eigenvalue weighted by Crippen LogP contribution is -2.45. The number of nitrogens with one attached hydrogen (secondary N) is 1. The number of fused-ring (bicyclic) bond motifs is 2. The fraction of sp³-hybridized carbons (Fsp3) is 0.333. The summed E-state index contributed by atoms with van der Waals surface area (Å²) in [5.41, 5.74) is 1.02. The number of halogens is 5. The first-order valence-electron chi connectivity index (χ1n) is 14.2. The van der Waals surface area contributed by atoms with Gasteiger partial charge >= 0.3 is 6.61 Å². The molecule has 1 fully saturated rings. The molecule has 45 heavy (non-hydrogen) atoms. The number of hydrogen-bond donors (Lipinski definition) is 1. The number of carbonyl (C=O) groups is 1. The Morgan fingerprint density at radius 2 is 1.87 bits per heavy atom. The van der Waals surface area contributed by atoms with Gasteiger partial charge in [0.15, 0.2) is 0 Å². The Balaban J connectivity index is 1.38. The van der Waals surface area contributed by atoms with Gasteiger partial charge in [-0.3, -0.25) is 9.48 Å². The fourth-order valence-electron chi connectivity index (χ4n) is 5.71. The number of rotatable bonds is 9. The molecule has 234 valence electrons. The summed E-state index contributed by atoms with van der Waals surface area (Å²) >= 11 is 0. The van der Waals surface area contributed by atoms with Crippen LogP contribution in [0.2, 0.25) is 0 Å². The Morgan fingerprint density at radius 1 is 1.09 bits per heavy atom.